The van der Waals surface area contributed by atoms with Crippen molar-refractivity contribution in [2.24, 2.45) is 0 Å². The number of benzene rings is 3. The van der Waals surface area contributed by atoms with Crippen LogP contribution in [0, 0.1) is 0 Å². The Labute approximate surface area is 179 Å². The van der Waals surface area contributed by atoms with Gasteiger partial charge in [-0.25, -0.2) is 0 Å². The third-order valence-corrected chi connectivity index (χ3v) is 4.86. The molecule has 0 aliphatic rings. The van der Waals surface area contributed by atoms with Gasteiger partial charge in [0.05, 0.1) is 14.2 Å². The molecule has 1 unspecified atom stereocenters. The molecule has 4 rings (SSSR count). The summed E-state index contributed by atoms with van der Waals surface area (Å²) in [4.78, 5) is 0. The zero-order valence-electron chi connectivity index (χ0n) is 16.5. The molecule has 0 amide bonds. The number of rotatable bonds is 7. The minimum Gasteiger partial charge on any atom is -0.493 e. The number of anilines is 1. The molecule has 30 heavy (non-hydrogen) atoms. The van der Waals surface area contributed by atoms with E-state index in [1.165, 1.54) is 0 Å². The largest absolute Gasteiger partial charge is 0.493 e. The molecular formula is C23H20ClN3O3. The number of hydrogen-bond donors (Lipinski definition) is 1. The van der Waals surface area contributed by atoms with Crippen LogP contribution in [0.3, 0.4) is 0 Å². The van der Waals surface area contributed by atoms with E-state index < -0.39 is 0 Å². The Kier molecular flexibility index (Phi) is 5.86. The van der Waals surface area contributed by atoms with Gasteiger partial charge in [0.25, 0.3) is 0 Å². The fraction of sp³-hybridized carbons (Fsp3) is 0.130. The zero-order valence-corrected chi connectivity index (χ0v) is 17.3. The maximum absolute atomic E-state index is 6.08. The summed E-state index contributed by atoms with van der Waals surface area (Å²) in [5, 5.41) is 12.6. The number of ether oxygens (including phenoxy) is 2. The summed E-state index contributed by atoms with van der Waals surface area (Å²) < 4.78 is 16.8. The van der Waals surface area contributed by atoms with Gasteiger partial charge in [0, 0.05) is 22.3 Å². The summed E-state index contributed by atoms with van der Waals surface area (Å²) in [5.41, 5.74) is 2.60. The fourth-order valence-electron chi connectivity index (χ4n) is 3.08. The topological polar surface area (TPSA) is 69.4 Å². The monoisotopic (exact) mass is 421 g/mol. The Hall–Kier alpha value is -3.51. The maximum Gasteiger partial charge on any atom is 0.247 e. The highest BCUT2D eigenvalue weighted by molar-refractivity contribution is 6.30. The van der Waals surface area contributed by atoms with E-state index >= 15 is 0 Å². The van der Waals surface area contributed by atoms with Crippen LogP contribution in [0.4, 0.5) is 5.69 Å². The van der Waals surface area contributed by atoms with Gasteiger partial charge < -0.3 is 19.2 Å². The molecule has 152 valence electrons. The number of halogens is 1. The van der Waals surface area contributed by atoms with Crippen molar-refractivity contribution in [2.75, 3.05) is 19.5 Å². The van der Waals surface area contributed by atoms with Crippen LogP contribution in [0.25, 0.3) is 11.5 Å². The standard InChI is InChI=1S/C23H20ClN3O3/c1-28-19-13-12-18(14-20(19)29-2)25-21(15-8-10-17(24)11-9-15)23-27-26-22(30-23)16-6-4-3-5-7-16/h3-14,21,25H,1-2H3. The number of aromatic nitrogens is 2. The molecule has 3 aromatic carbocycles. The minimum atomic E-state index is -0.384. The Morgan fingerprint density at radius 2 is 1.60 bits per heavy atom. The molecule has 0 aliphatic heterocycles. The third-order valence-electron chi connectivity index (χ3n) is 4.61. The highest BCUT2D eigenvalue weighted by Gasteiger charge is 2.22. The van der Waals surface area contributed by atoms with Gasteiger partial charge in [0.2, 0.25) is 11.8 Å². The lowest BCUT2D eigenvalue weighted by Crippen LogP contribution is -2.13. The zero-order chi connectivity index (χ0) is 20.9. The molecule has 4 aromatic rings. The van der Waals surface area contributed by atoms with Crippen molar-refractivity contribution in [1.29, 1.82) is 0 Å². The molecule has 0 radical (unpaired) electrons. The van der Waals surface area contributed by atoms with Crippen LogP contribution in [0.2, 0.25) is 5.02 Å². The van der Waals surface area contributed by atoms with Gasteiger partial charge in [-0.05, 0) is 42.0 Å². The second-order valence-corrected chi connectivity index (χ2v) is 6.95. The van der Waals surface area contributed by atoms with Gasteiger partial charge >= 0.3 is 0 Å². The summed E-state index contributed by atoms with van der Waals surface area (Å²) in [6.45, 7) is 0. The van der Waals surface area contributed by atoms with Crippen LogP contribution in [0.5, 0.6) is 11.5 Å². The van der Waals surface area contributed by atoms with Gasteiger partial charge in [-0.15, -0.1) is 10.2 Å². The van der Waals surface area contributed by atoms with E-state index in [0.29, 0.717) is 28.3 Å². The Bertz CT molecular complexity index is 1110. The van der Waals surface area contributed by atoms with E-state index in [2.05, 4.69) is 15.5 Å². The SMILES string of the molecule is COc1ccc(NC(c2ccc(Cl)cc2)c2nnc(-c3ccccc3)o2)cc1OC. The molecule has 7 heteroatoms. The molecule has 0 bridgehead atoms. The van der Waals surface area contributed by atoms with Gasteiger partial charge in [0.15, 0.2) is 11.5 Å². The predicted octanol–water partition coefficient (Wildman–Crippen LogP) is 5.61. The average Bonchev–Trinajstić information content (AvgIpc) is 3.28. The molecule has 0 spiro atoms. The van der Waals surface area contributed by atoms with Crippen LogP contribution >= 0.6 is 11.6 Å². The second kappa shape index (κ2) is 8.88. The van der Waals surface area contributed by atoms with E-state index in [-0.39, 0.29) is 6.04 Å². The molecule has 6 nitrogen and oxygen atoms in total. The average molecular weight is 422 g/mol. The minimum absolute atomic E-state index is 0.384. The van der Waals surface area contributed by atoms with Crippen molar-refractivity contribution in [3.8, 4) is 23.0 Å². The van der Waals surface area contributed by atoms with Crippen LogP contribution in [-0.2, 0) is 0 Å². The summed E-state index contributed by atoms with van der Waals surface area (Å²) in [6.07, 6.45) is 0. The quantitative estimate of drug-likeness (QED) is 0.418. The van der Waals surface area contributed by atoms with E-state index in [0.717, 1.165) is 16.8 Å². The van der Waals surface area contributed by atoms with Crippen LogP contribution in [0.1, 0.15) is 17.5 Å². The third kappa shape index (κ3) is 4.23. The molecule has 1 N–H and O–H groups in total. The maximum atomic E-state index is 6.08. The van der Waals surface area contributed by atoms with Crippen molar-refractivity contribution >= 4 is 17.3 Å². The molecular weight excluding hydrogens is 402 g/mol. The van der Waals surface area contributed by atoms with Gasteiger partial charge in [-0.1, -0.05) is 41.9 Å². The van der Waals surface area contributed by atoms with Crippen LogP contribution < -0.4 is 14.8 Å². The first-order chi connectivity index (χ1) is 14.7. The lowest BCUT2D eigenvalue weighted by Gasteiger charge is -2.18. The van der Waals surface area contributed by atoms with Crippen molar-refractivity contribution in [2.45, 2.75) is 6.04 Å². The molecule has 0 fully saturated rings. The first-order valence-electron chi connectivity index (χ1n) is 9.31. The van der Waals surface area contributed by atoms with E-state index in [1.807, 2.05) is 72.8 Å². The Morgan fingerprint density at radius 1 is 0.867 bits per heavy atom. The van der Waals surface area contributed by atoms with Crippen LogP contribution in [-0.4, -0.2) is 24.4 Å². The predicted molar refractivity (Wildman–Crippen MR) is 116 cm³/mol. The van der Waals surface area contributed by atoms with Crippen LogP contribution in [0.15, 0.2) is 77.2 Å². The number of hydrogen-bond acceptors (Lipinski definition) is 6. The molecule has 0 aliphatic carbocycles. The highest BCUT2D eigenvalue weighted by atomic mass is 35.5. The molecule has 1 atom stereocenters. The number of nitrogens with one attached hydrogen (secondary N) is 1. The first-order valence-corrected chi connectivity index (χ1v) is 9.68. The molecule has 1 heterocycles. The molecule has 0 saturated heterocycles. The van der Waals surface area contributed by atoms with E-state index in [1.54, 1.807) is 14.2 Å². The molecule has 1 aromatic heterocycles. The van der Waals surface area contributed by atoms with Crippen molar-refractivity contribution < 1.29 is 13.9 Å². The Balaban J connectivity index is 1.71. The summed E-state index contributed by atoms with van der Waals surface area (Å²) in [5.74, 6) is 2.16. The number of methoxy groups -OCH3 is 2. The van der Waals surface area contributed by atoms with Gasteiger partial charge in [-0.2, -0.15) is 0 Å². The Morgan fingerprint density at radius 3 is 2.30 bits per heavy atom. The van der Waals surface area contributed by atoms with Gasteiger partial charge in [0.1, 0.15) is 6.04 Å². The van der Waals surface area contributed by atoms with Gasteiger partial charge in [-0.3, -0.25) is 0 Å². The smallest absolute Gasteiger partial charge is 0.247 e. The van der Waals surface area contributed by atoms with E-state index in [4.69, 9.17) is 25.5 Å². The van der Waals surface area contributed by atoms with Crippen molar-refractivity contribution in [1.82, 2.24) is 10.2 Å². The first kappa shape index (κ1) is 19.8. The summed E-state index contributed by atoms with van der Waals surface area (Å²) in [6, 6.07) is 22.4. The lowest BCUT2D eigenvalue weighted by atomic mass is 10.1. The molecule has 0 saturated carbocycles. The highest BCUT2D eigenvalue weighted by Crippen LogP contribution is 2.34. The summed E-state index contributed by atoms with van der Waals surface area (Å²) >= 11 is 6.08. The van der Waals surface area contributed by atoms with Crippen molar-refractivity contribution in [3.63, 3.8) is 0 Å². The number of nitrogens with zero attached hydrogens (tertiary/aromatic N) is 2. The summed E-state index contributed by atoms with van der Waals surface area (Å²) in [7, 11) is 3.20. The van der Waals surface area contributed by atoms with E-state index in [9.17, 15) is 0 Å². The normalized spacial score (nSPS) is 11.7. The second-order valence-electron chi connectivity index (χ2n) is 6.51. The lowest BCUT2D eigenvalue weighted by molar-refractivity contribution is 0.355. The van der Waals surface area contributed by atoms with Crippen molar-refractivity contribution in [3.05, 3.63) is 89.3 Å². The fourth-order valence-corrected chi connectivity index (χ4v) is 3.21.